The van der Waals surface area contributed by atoms with Crippen LogP contribution in [-0.2, 0) is 42.7 Å². The van der Waals surface area contributed by atoms with Crippen molar-refractivity contribution in [3.8, 4) is 0 Å². The van der Waals surface area contributed by atoms with Crippen LogP contribution in [0.15, 0.2) is 0 Å². The van der Waals surface area contributed by atoms with Crippen molar-refractivity contribution in [1.29, 1.82) is 0 Å². The molecule has 0 aliphatic carbocycles. The van der Waals surface area contributed by atoms with E-state index in [9.17, 15) is 4.79 Å². The zero-order valence-electron chi connectivity index (χ0n) is 14.9. The number of hydrogen-bond donors (Lipinski definition) is 1. The van der Waals surface area contributed by atoms with Crippen molar-refractivity contribution in [2.45, 2.75) is 6.10 Å². The van der Waals surface area contributed by atoms with E-state index in [1.165, 1.54) is 28.4 Å². The summed E-state index contributed by atoms with van der Waals surface area (Å²) in [6.45, 7) is 1.04. The molecule has 24 heavy (non-hydrogen) atoms. The number of rotatable bonds is 16. The summed E-state index contributed by atoms with van der Waals surface area (Å²) in [6.07, 6.45) is -0.629. The van der Waals surface area contributed by atoms with Gasteiger partial charge in [-0.1, -0.05) is 0 Å². The van der Waals surface area contributed by atoms with E-state index < -0.39 is 6.10 Å². The number of aliphatic hydroxyl groups excluding tert-OH is 1. The van der Waals surface area contributed by atoms with E-state index in [0.29, 0.717) is 0 Å². The maximum Gasteiger partial charge on any atom is 0.184 e. The molecule has 146 valence electrons. The molecule has 10 heteroatoms. The van der Waals surface area contributed by atoms with E-state index in [2.05, 4.69) is 18.9 Å². The number of Topliss-reactive ketones (excluding diaryl/α,β-unsaturated/α-hetero) is 1. The number of carbonyl (C=O) groups excluding carboxylic acids is 1. The number of methoxy groups -OCH3 is 4. The molecule has 0 saturated carbocycles. The van der Waals surface area contributed by atoms with Crippen LogP contribution >= 0.6 is 0 Å². The topological polar surface area (TPSA) is 111 Å². The highest BCUT2D eigenvalue weighted by molar-refractivity contribution is 5.80. The molecule has 1 N–H and O–H groups in total. The fourth-order valence-corrected chi connectivity index (χ4v) is 1.10. The minimum atomic E-state index is -0.629. The molecule has 0 bridgehead atoms. The van der Waals surface area contributed by atoms with Crippen LogP contribution in [0.25, 0.3) is 0 Å². The predicted octanol–water partition coefficient (Wildman–Crippen LogP) is -0.615. The Hall–Kier alpha value is -0.690. The van der Waals surface area contributed by atoms with Gasteiger partial charge in [0.05, 0.1) is 13.2 Å². The van der Waals surface area contributed by atoms with Crippen molar-refractivity contribution in [3.05, 3.63) is 0 Å². The number of ether oxygens (including phenoxy) is 8. The van der Waals surface area contributed by atoms with Crippen molar-refractivity contribution in [2.75, 3.05) is 82.0 Å². The summed E-state index contributed by atoms with van der Waals surface area (Å²) in [5.41, 5.74) is 0. The highest BCUT2D eigenvalue weighted by Crippen LogP contribution is 1.87. The fourth-order valence-electron chi connectivity index (χ4n) is 1.10. The summed E-state index contributed by atoms with van der Waals surface area (Å²) in [5, 5.41) is 9.14. The molecular weight excluding hydrogens is 328 g/mol. The van der Waals surface area contributed by atoms with Gasteiger partial charge in [-0.3, -0.25) is 4.79 Å². The molecule has 0 aliphatic rings. The zero-order chi connectivity index (χ0) is 18.5. The molecule has 0 rings (SSSR count). The molecule has 10 nitrogen and oxygen atoms in total. The average molecular weight is 358 g/mol. The molecule has 0 amide bonds. The Bertz CT molecular complexity index is 230. The molecule has 0 saturated heterocycles. The van der Waals surface area contributed by atoms with Crippen LogP contribution in [0.4, 0.5) is 0 Å². The lowest BCUT2D eigenvalue weighted by Crippen LogP contribution is -2.22. The maximum atomic E-state index is 10.8. The zero-order valence-corrected chi connectivity index (χ0v) is 14.9. The van der Waals surface area contributed by atoms with Gasteiger partial charge in [-0.25, -0.2) is 0 Å². The summed E-state index contributed by atoms with van der Waals surface area (Å²) in [5.74, 6) is -0.135. The first-order valence-corrected chi connectivity index (χ1v) is 7.08. The number of aliphatic hydroxyl groups is 1. The Morgan fingerprint density at radius 3 is 1.38 bits per heavy atom. The van der Waals surface area contributed by atoms with Gasteiger partial charge in [-0.15, -0.1) is 0 Å². The second-order valence-electron chi connectivity index (χ2n) is 4.26. The first kappa shape index (κ1) is 25.5. The van der Waals surface area contributed by atoms with Gasteiger partial charge in [0, 0.05) is 28.4 Å². The first-order chi connectivity index (χ1) is 11.6. The highest BCUT2D eigenvalue weighted by atomic mass is 16.7. The SMILES string of the molecule is COCOCC(=O)COCOC.COCOCC(O)COCOC. The summed E-state index contributed by atoms with van der Waals surface area (Å²) in [7, 11) is 6.03. The minimum Gasteiger partial charge on any atom is -0.388 e. The Balaban J connectivity index is 0. The third-order valence-electron chi connectivity index (χ3n) is 1.95. The van der Waals surface area contributed by atoms with Gasteiger partial charge < -0.3 is 43.0 Å². The molecule has 0 atom stereocenters. The van der Waals surface area contributed by atoms with E-state index >= 15 is 0 Å². The van der Waals surface area contributed by atoms with E-state index in [1.807, 2.05) is 0 Å². The van der Waals surface area contributed by atoms with Crippen LogP contribution < -0.4 is 0 Å². The standard InChI is InChI=1S/C7H16O5.C7H14O5/c2*1-9-5-11-3-7(8)4-12-6-10-2/h7-8H,3-6H2,1-2H3;3-6H2,1-2H3. The number of carbonyl (C=O) groups is 1. The van der Waals surface area contributed by atoms with Gasteiger partial charge in [0.25, 0.3) is 0 Å². The summed E-state index contributed by atoms with van der Waals surface area (Å²) >= 11 is 0. The normalized spacial score (nSPS) is 10.6. The van der Waals surface area contributed by atoms with Gasteiger partial charge in [0.2, 0.25) is 0 Å². The van der Waals surface area contributed by atoms with Gasteiger partial charge in [-0.2, -0.15) is 0 Å². The molecule has 0 aromatic rings. The third-order valence-corrected chi connectivity index (χ3v) is 1.95. The Morgan fingerprint density at radius 2 is 1.04 bits per heavy atom. The Kier molecular flexibility index (Phi) is 23.7. The van der Waals surface area contributed by atoms with Crippen LogP contribution in [0, 0.1) is 0 Å². The van der Waals surface area contributed by atoms with Crippen molar-refractivity contribution in [3.63, 3.8) is 0 Å². The predicted molar refractivity (Wildman–Crippen MR) is 82.3 cm³/mol. The van der Waals surface area contributed by atoms with E-state index in [4.69, 9.17) is 24.1 Å². The summed E-state index contributed by atoms with van der Waals surface area (Å²) in [4.78, 5) is 10.8. The third kappa shape index (κ3) is 23.6. The fraction of sp³-hybridized carbons (Fsp3) is 0.929. The molecular formula is C14H30O10. The lowest BCUT2D eigenvalue weighted by Gasteiger charge is -2.10. The van der Waals surface area contributed by atoms with Gasteiger partial charge >= 0.3 is 0 Å². The highest BCUT2D eigenvalue weighted by Gasteiger charge is 2.03. The molecule has 0 aliphatic heterocycles. The Labute approximate surface area is 142 Å². The summed E-state index contributed by atoms with van der Waals surface area (Å²) in [6, 6.07) is 0. The lowest BCUT2D eigenvalue weighted by atomic mass is 10.4. The molecule has 0 radical (unpaired) electrons. The lowest BCUT2D eigenvalue weighted by molar-refractivity contribution is -0.136. The van der Waals surface area contributed by atoms with Crippen LogP contribution in [0.2, 0.25) is 0 Å². The molecule has 0 spiro atoms. The molecule has 0 heterocycles. The monoisotopic (exact) mass is 358 g/mol. The second-order valence-corrected chi connectivity index (χ2v) is 4.26. The van der Waals surface area contributed by atoms with E-state index in [-0.39, 0.29) is 59.4 Å². The number of hydrogen-bond acceptors (Lipinski definition) is 10. The minimum absolute atomic E-state index is 0.0115. The van der Waals surface area contributed by atoms with Crippen molar-refractivity contribution in [2.24, 2.45) is 0 Å². The van der Waals surface area contributed by atoms with Crippen molar-refractivity contribution in [1.82, 2.24) is 0 Å². The smallest absolute Gasteiger partial charge is 0.184 e. The number of ketones is 1. The largest absolute Gasteiger partial charge is 0.388 e. The quantitative estimate of drug-likeness (QED) is 0.283. The summed E-state index contributed by atoms with van der Waals surface area (Å²) < 4.78 is 37.7. The van der Waals surface area contributed by atoms with E-state index in [1.54, 1.807) is 0 Å². The van der Waals surface area contributed by atoms with Crippen LogP contribution in [0.3, 0.4) is 0 Å². The molecule has 0 aromatic heterocycles. The van der Waals surface area contributed by atoms with E-state index in [0.717, 1.165) is 0 Å². The molecule has 0 aromatic carbocycles. The van der Waals surface area contributed by atoms with Crippen LogP contribution in [0.1, 0.15) is 0 Å². The second kappa shape index (κ2) is 22.3. The molecule has 0 unspecified atom stereocenters. The molecule has 0 fully saturated rings. The van der Waals surface area contributed by atoms with Gasteiger partial charge in [0.15, 0.2) is 5.78 Å². The van der Waals surface area contributed by atoms with Crippen LogP contribution in [0.5, 0.6) is 0 Å². The van der Waals surface area contributed by atoms with Gasteiger partial charge in [0.1, 0.15) is 46.5 Å². The van der Waals surface area contributed by atoms with Gasteiger partial charge in [-0.05, 0) is 0 Å². The Morgan fingerprint density at radius 1 is 0.708 bits per heavy atom. The van der Waals surface area contributed by atoms with Crippen molar-refractivity contribution < 1.29 is 47.8 Å². The maximum absolute atomic E-state index is 10.8. The van der Waals surface area contributed by atoms with Crippen molar-refractivity contribution >= 4 is 5.78 Å². The first-order valence-electron chi connectivity index (χ1n) is 7.08. The van der Waals surface area contributed by atoms with Crippen LogP contribution in [-0.4, -0.2) is 99.0 Å². The average Bonchev–Trinajstić information content (AvgIpc) is 2.56.